The van der Waals surface area contributed by atoms with E-state index in [0.717, 1.165) is 11.4 Å². The van der Waals surface area contributed by atoms with E-state index < -0.39 is 0 Å². The maximum Gasteiger partial charge on any atom is 0.0540 e. The van der Waals surface area contributed by atoms with E-state index in [9.17, 15) is 0 Å². The Kier molecular flexibility index (Phi) is 10.0. The summed E-state index contributed by atoms with van der Waals surface area (Å²) in [6.45, 7) is 9.48. The predicted molar refractivity (Wildman–Crippen MR) is 284 cm³/mol. The van der Waals surface area contributed by atoms with Crippen LogP contribution in [0.25, 0.3) is 66.8 Å². The number of para-hydroxylation sites is 1. The molecule has 0 N–H and O–H groups in total. The van der Waals surface area contributed by atoms with Gasteiger partial charge in [-0.1, -0.05) is 211 Å². The Morgan fingerprint density at radius 2 is 0.851 bits per heavy atom. The molecule has 67 heavy (non-hydrogen) atoms. The van der Waals surface area contributed by atoms with E-state index in [4.69, 9.17) is 0 Å². The summed E-state index contributed by atoms with van der Waals surface area (Å²) in [5.41, 5.74) is 25.5. The minimum atomic E-state index is -0.0899. The van der Waals surface area contributed by atoms with E-state index in [0.29, 0.717) is 5.92 Å². The third-order valence-electron chi connectivity index (χ3n) is 15.7. The summed E-state index contributed by atoms with van der Waals surface area (Å²) < 4.78 is 0. The molecular formula is C66H57N. The van der Waals surface area contributed by atoms with Crippen LogP contribution in [0.4, 0.5) is 17.1 Å². The van der Waals surface area contributed by atoms with E-state index in [2.05, 4.69) is 239 Å². The van der Waals surface area contributed by atoms with Crippen LogP contribution in [-0.2, 0) is 10.8 Å². The second kappa shape index (κ2) is 16.3. The highest BCUT2D eigenvalue weighted by molar-refractivity contribution is 5.94. The Labute approximate surface area is 397 Å². The first-order valence-corrected chi connectivity index (χ1v) is 24.5. The molecule has 9 aromatic rings. The summed E-state index contributed by atoms with van der Waals surface area (Å²) in [7, 11) is 0. The largest absolute Gasteiger partial charge is 0.310 e. The fraction of sp³-hybridized carbons (Fsp3) is 0.182. The van der Waals surface area contributed by atoms with E-state index in [1.807, 2.05) is 0 Å². The summed E-state index contributed by atoms with van der Waals surface area (Å²) in [5, 5.41) is 0. The third-order valence-corrected chi connectivity index (χ3v) is 15.7. The topological polar surface area (TPSA) is 3.24 Å². The Morgan fingerprint density at radius 3 is 1.58 bits per heavy atom. The minimum Gasteiger partial charge on any atom is -0.310 e. The Balaban J connectivity index is 0.988. The van der Waals surface area contributed by atoms with Crippen LogP contribution in [0, 0.1) is 0 Å². The van der Waals surface area contributed by atoms with Gasteiger partial charge < -0.3 is 4.90 Å². The van der Waals surface area contributed by atoms with E-state index in [1.54, 1.807) is 0 Å². The minimum absolute atomic E-state index is 0.0682. The van der Waals surface area contributed by atoms with E-state index in [-0.39, 0.29) is 10.8 Å². The number of anilines is 3. The van der Waals surface area contributed by atoms with Gasteiger partial charge in [-0.2, -0.15) is 0 Å². The van der Waals surface area contributed by atoms with Crippen molar-refractivity contribution >= 4 is 17.1 Å². The monoisotopic (exact) mass is 863 g/mol. The lowest BCUT2D eigenvalue weighted by molar-refractivity contribution is 0.443. The summed E-state index contributed by atoms with van der Waals surface area (Å²) in [6, 6.07) is 77.9. The number of fused-ring (bicyclic) bond motifs is 6. The molecule has 0 aromatic heterocycles. The molecule has 0 saturated heterocycles. The smallest absolute Gasteiger partial charge is 0.0540 e. The number of benzene rings is 9. The van der Waals surface area contributed by atoms with Crippen molar-refractivity contribution in [3.05, 3.63) is 234 Å². The van der Waals surface area contributed by atoms with Gasteiger partial charge in [-0.05, 0) is 150 Å². The van der Waals surface area contributed by atoms with Gasteiger partial charge in [-0.25, -0.2) is 0 Å². The van der Waals surface area contributed by atoms with Gasteiger partial charge in [0.25, 0.3) is 0 Å². The highest BCUT2D eigenvalue weighted by atomic mass is 15.1. The average molecular weight is 864 g/mol. The van der Waals surface area contributed by atoms with Crippen molar-refractivity contribution in [1.29, 1.82) is 0 Å². The molecule has 0 aliphatic heterocycles. The van der Waals surface area contributed by atoms with Gasteiger partial charge >= 0.3 is 0 Å². The Hall–Kier alpha value is -7.22. The fourth-order valence-corrected chi connectivity index (χ4v) is 12.1. The molecule has 12 rings (SSSR count). The molecule has 1 nitrogen and oxygen atoms in total. The average Bonchev–Trinajstić information content (AvgIpc) is 3.76. The summed E-state index contributed by atoms with van der Waals surface area (Å²) in [5.74, 6) is 0.674. The van der Waals surface area contributed by atoms with Crippen LogP contribution in [0.5, 0.6) is 0 Å². The van der Waals surface area contributed by atoms with Crippen molar-refractivity contribution in [2.75, 3.05) is 4.90 Å². The molecule has 326 valence electrons. The molecule has 0 atom stereocenters. The first-order chi connectivity index (χ1) is 32.7. The van der Waals surface area contributed by atoms with Crippen LogP contribution < -0.4 is 4.90 Å². The quantitative estimate of drug-likeness (QED) is 0.147. The molecular weight excluding hydrogens is 807 g/mol. The number of nitrogens with zero attached hydrogens (tertiary/aromatic N) is 1. The molecule has 0 radical (unpaired) electrons. The van der Waals surface area contributed by atoms with Gasteiger partial charge in [0.2, 0.25) is 0 Å². The molecule has 0 bridgehead atoms. The van der Waals surface area contributed by atoms with Crippen molar-refractivity contribution in [2.24, 2.45) is 0 Å². The standard InChI is InChI=1S/C66H57N/c1-65(2)61-25-15-12-23-56(61)59-43-52(37-40-62(59)65)67(64-26-16-13-21-54(64)48-29-27-46(28-30-48)44-17-7-5-8-18-44)51-35-31-47(32-36-51)53-38-33-49(45-19-9-6-10-20-45)41-58(53)50-34-39-57-55-22-11-14-24-60(55)66(3,4)63(57)42-50/h6,9-16,19-44H,5,7-8,17-18H2,1-4H3. The maximum atomic E-state index is 2.49. The fourth-order valence-electron chi connectivity index (χ4n) is 12.1. The second-order valence-corrected chi connectivity index (χ2v) is 20.3. The van der Waals surface area contributed by atoms with Crippen LogP contribution in [-0.4, -0.2) is 0 Å². The van der Waals surface area contributed by atoms with Crippen molar-refractivity contribution in [3.8, 4) is 66.8 Å². The number of hydrogen-bond donors (Lipinski definition) is 0. The van der Waals surface area contributed by atoms with Crippen molar-refractivity contribution in [1.82, 2.24) is 0 Å². The van der Waals surface area contributed by atoms with Crippen LogP contribution in [0.3, 0.4) is 0 Å². The molecule has 1 fully saturated rings. The molecule has 0 unspecified atom stereocenters. The zero-order chi connectivity index (χ0) is 45.3. The van der Waals surface area contributed by atoms with Gasteiger partial charge in [0.05, 0.1) is 5.69 Å². The predicted octanol–water partition coefficient (Wildman–Crippen LogP) is 18.5. The summed E-state index contributed by atoms with van der Waals surface area (Å²) in [4.78, 5) is 2.49. The van der Waals surface area contributed by atoms with Crippen LogP contribution in [0.2, 0.25) is 0 Å². The van der Waals surface area contributed by atoms with Gasteiger partial charge in [-0.3, -0.25) is 0 Å². The summed E-state index contributed by atoms with van der Waals surface area (Å²) in [6.07, 6.45) is 6.66. The van der Waals surface area contributed by atoms with Gasteiger partial charge in [-0.15, -0.1) is 0 Å². The lowest BCUT2D eigenvalue weighted by atomic mass is 9.81. The van der Waals surface area contributed by atoms with E-state index >= 15 is 0 Å². The molecule has 1 saturated carbocycles. The normalized spacial score (nSPS) is 15.3. The zero-order valence-corrected chi connectivity index (χ0v) is 39.2. The van der Waals surface area contributed by atoms with Gasteiger partial charge in [0, 0.05) is 27.8 Å². The zero-order valence-electron chi connectivity index (χ0n) is 39.2. The molecule has 3 aliphatic carbocycles. The number of rotatable bonds is 8. The second-order valence-electron chi connectivity index (χ2n) is 20.3. The van der Waals surface area contributed by atoms with Crippen LogP contribution >= 0.6 is 0 Å². The molecule has 3 aliphatic rings. The van der Waals surface area contributed by atoms with Crippen LogP contribution in [0.15, 0.2) is 206 Å². The molecule has 1 heteroatoms. The number of hydrogen-bond acceptors (Lipinski definition) is 1. The molecule has 0 heterocycles. The summed E-state index contributed by atoms with van der Waals surface area (Å²) >= 11 is 0. The first-order valence-electron chi connectivity index (χ1n) is 24.5. The van der Waals surface area contributed by atoms with Crippen molar-refractivity contribution < 1.29 is 0 Å². The maximum absolute atomic E-state index is 2.49. The van der Waals surface area contributed by atoms with Crippen molar-refractivity contribution in [3.63, 3.8) is 0 Å². The molecule has 9 aromatic carbocycles. The Bertz CT molecular complexity index is 3310. The lowest BCUT2D eigenvalue weighted by Gasteiger charge is -2.29. The van der Waals surface area contributed by atoms with E-state index in [1.165, 1.54) is 132 Å². The Morgan fingerprint density at radius 1 is 0.328 bits per heavy atom. The van der Waals surface area contributed by atoms with Gasteiger partial charge in [0.15, 0.2) is 0 Å². The van der Waals surface area contributed by atoms with Crippen molar-refractivity contribution in [2.45, 2.75) is 76.5 Å². The lowest BCUT2D eigenvalue weighted by Crippen LogP contribution is -2.15. The molecule has 0 amide bonds. The first kappa shape index (κ1) is 41.2. The van der Waals surface area contributed by atoms with Gasteiger partial charge in [0.1, 0.15) is 0 Å². The molecule has 0 spiro atoms. The van der Waals surface area contributed by atoms with Crippen LogP contribution in [0.1, 0.15) is 93.5 Å². The highest BCUT2D eigenvalue weighted by Crippen LogP contribution is 2.53. The SMILES string of the molecule is CC1(C)c2ccccc2-c2cc(N(c3ccc(-c4ccc(-c5ccccc5)cc4-c4ccc5c(c4)C(C)(C)c4ccccc4-5)cc3)c3ccccc3-c3ccc(C4CCCCC4)cc3)ccc21. The highest BCUT2D eigenvalue weighted by Gasteiger charge is 2.37. The third kappa shape index (κ3) is 6.98.